The van der Waals surface area contributed by atoms with Crippen molar-refractivity contribution in [1.29, 1.82) is 0 Å². The smallest absolute Gasteiger partial charge is 0.329 e. The molecule has 3 amide bonds. The Balaban J connectivity index is 2.55. The lowest BCUT2D eigenvalue weighted by molar-refractivity contribution is -0.153. The molecule has 0 aromatic heterocycles. The zero-order valence-electron chi connectivity index (χ0n) is 21.5. The molecule has 1 unspecified atom stereocenters. The van der Waals surface area contributed by atoms with Gasteiger partial charge in [-0.3, -0.25) is 19.2 Å². The van der Waals surface area contributed by atoms with Gasteiger partial charge in [-0.05, 0) is 31.3 Å². The number of allylic oxidation sites excluding steroid dienone is 2. The maximum atomic E-state index is 13.2. The number of Topliss-reactive ketones (excluding diaryl/α,β-unsaturated/α-hetero) is 1. The second-order valence-electron chi connectivity index (χ2n) is 9.55. The predicted molar refractivity (Wildman–Crippen MR) is 142 cm³/mol. The summed E-state index contributed by atoms with van der Waals surface area (Å²) >= 11 is 0. The number of esters is 1. The Morgan fingerprint density at radius 1 is 0.972 bits per heavy atom. The van der Waals surface area contributed by atoms with Crippen LogP contribution in [-0.2, 0) is 28.7 Å². The molecular formula is C25H37N3O6S2. The van der Waals surface area contributed by atoms with Crippen molar-refractivity contribution in [3.05, 3.63) is 23.9 Å². The molecule has 2 heterocycles. The number of ketones is 1. The molecule has 0 spiro atoms. The van der Waals surface area contributed by atoms with E-state index in [4.69, 9.17) is 4.74 Å². The Bertz CT molecular complexity index is 902. The number of carbonyl (C=O) groups is 5. The van der Waals surface area contributed by atoms with E-state index in [1.54, 1.807) is 37.6 Å². The van der Waals surface area contributed by atoms with Crippen molar-refractivity contribution in [2.45, 2.75) is 72.1 Å². The highest BCUT2D eigenvalue weighted by Crippen LogP contribution is 2.27. The molecule has 1 fully saturated rings. The first-order valence-corrected chi connectivity index (χ1v) is 14.7. The van der Waals surface area contributed by atoms with E-state index in [0.29, 0.717) is 12.2 Å². The number of nitrogens with one attached hydrogen (secondary N) is 3. The van der Waals surface area contributed by atoms with Crippen LogP contribution in [0.5, 0.6) is 0 Å². The Morgan fingerprint density at radius 2 is 1.67 bits per heavy atom. The molecule has 0 saturated carbocycles. The lowest BCUT2D eigenvalue weighted by Crippen LogP contribution is -2.50. The predicted octanol–water partition coefficient (Wildman–Crippen LogP) is 2.52. The molecule has 200 valence electrons. The van der Waals surface area contributed by atoms with E-state index in [1.807, 2.05) is 19.9 Å². The van der Waals surface area contributed by atoms with Crippen molar-refractivity contribution in [3.8, 4) is 0 Å². The number of ether oxygens (including phenoxy) is 1. The normalized spacial score (nSPS) is 29.9. The fourth-order valence-corrected chi connectivity index (χ4v) is 6.07. The van der Waals surface area contributed by atoms with E-state index in [1.165, 1.54) is 16.9 Å². The number of hydrogen-bond donors (Lipinski definition) is 3. The summed E-state index contributed by atoms with van der Waals surface area (Å²) in [6, 6.07) is -1.78. The molecule has 0 aromatic carbocycles. The van der Waals surface area contributed by atoms with Crippen molar-refractivity contribution < 1.29 is 28.7 Å². The van der Waals surface area contributed by atoms with Crippen LogP contribution in [0.2, 0.25) is 0 Å². The molecule has 4 atom stereocenters. The van der Waals surface area contributed by atoms with Crippen molar-refractivity contribution in [1.82, 2.24) is 16.0 Å². The summed E-state index contributed by atoms with van der Waals surface area (Å²) in [5, 5.41) is 8.08. The zero-order chi connectivity index (χ0) is 26.8. The highest BCUT2D eigenvalue weighted by molar-refractivity contribution is 8.76. The molecule has 1 saturated heterocycles. The highest BCUT2D eigenvalue weighted by atomic mass is 33.1. The third-order valence-corrected chi connectivity index (χ3v) is 8.39. The average Bonchev–Trinajstić information content (AvgIpc) is 2.81. The zero-order valence-corrected chi connectivity index (χ0v) is 23.1. The van der Waals surface area contributed by atoms with Crippen LogP contribution in [0.25, 0.3) is 0 Å². The number of amides is 3. The van der Waals surface area contributed by atoms with Crippen molar-refractivity contribution in [2.24, 2.45) is 17.8 Å². The lowest BCUT2D eigenvalue weighted by Gasteiger charge is -2.27. The first kappa shape index (κ1) is 30.0. The number of carbonyl (C=O) groups excluding carboxylic acids is 5. The van der Waals surface area contributed by atoms with Gasteiger partial charge >= 0.3 is 5.97 Å². The minimum Gasteiger partial charge on any atom is -0.456 e. The van der Waals surface area contributed by atoms with Gasteiger partial charge in [0.15, 0.2) is 5.78 Å². The van der Waals surface area contributed by atoms with E-state index in [2.05, 4.69) is 16.0 Å². The summed E-state index contributed by atoms with van der Waals surface area (Å²) in [6.45, 7) is 8.78. The maximum absolute atomic E-state index is 13.2. The summed E-state index contributed by atoms with van der Waals surface area (Å²) < 4.78 is 5.67. The van der Waals surface area contributed by atoms with Gasteiger partial charge in [-0.1, -0.05) is 61.4 Å². The van der Waals surface area contributed by atoms with Crippen molar-refractivity contribution in [3.63, 3.8) is 0 Å². The Morgan fingerprint density at radius 3 is 2.31 bits per heavy atom. The third kappa shape index (κ3) is 8.99. The molecule has 2 aliphatic rings. The van der Waals surface area contributed by atoms with Crippen LogP contribution in [0.15, 0.2) is 23.9 Å². The van der Waals surface area contributed by atoms with Gasteiger partial charge in [0, 0.05) is 17.9 Å². The van der Waals surface area contributed by atoms with Crippen LogP contribution in [0, 0.1) is 17.8 Å². The van der Waals surface area contributed by atoms with Gasteiger partial charge < -0.3 is 20.7 Å². The number of fused-ring (bicyclic) bond motifs is 7. The maximum Gasteiger partial charge on any atom is 0.329 e. The summed E-state index contributed by atoms with van der Waals surface area (Å²) in [5.74, 6) is -2.59. The van der Waals surface area contributed by atoms with Crippen LogP contribution in [0.3, 0.4) is 0 Å². The molecule has 2 bridgehead atoms. The van der Waals surface area contributed by atoms with E-state index >= 15 is 0 Å². The van der Waals surface area contributed by atoms with Gasteiger partial charge in [-0.15, -0.1) is 0 Å². The monoisotopic (exact) mass is 539 g/mol. The summed E-state index contributed by atoms with van der Waals surface area (Å²) in [4.78, 5) is 65.4. The summed E-state index contributed by atoms with van der Waals surface area (Å²) in [7, 11) is 3.05. The second-order valence-corrected chi connectivity index (χ2v) is 12.2. The first-order valence-electron chi connectivity index (χ1n) is 12.2. The fraction of sp³-hybridized carbons (Fsp3) is 0.640. The van der Waals surface area contributed by atoms with Gasteiger partial charge in [-0.25, -0.2) is 4.79 Å². The minimum atomic E-state index is -0.987. The number of rotatable bonds is 2. The van der Waals surface area contributed by atoms with Crippen LogP contribution in [0.4, 0.5) is 0 Å². The minimum absolute atomic E-state index is 0.00452. The topological polar surface area (TPSA) is 131 Å². The Kier molecular flexibility index (Phi) is 12.0. The van der Waals surface area contributed by atoms with E-state index in [0.717, 1.165) is 5.75 Å². The third-order valence-electron chi connectivity index (χ3n) is 5.87. The highest BCUT2D eigenvalue weighted by Gasteiger charge is 2.33. The van der Waals surface area contributed by atoms with Gasteiger partial charge in [0.2, 0.25) is 11.8 Å². The van der Waals surface area contributed by atoms with E-state index in [-0.39, 0.29) is 36.2 Å². The molecule has 11 heteroatoms. The molecule has 3 N–H and O–H groups in total. The van der Waals surface area contributed by atoms with Gasteiger partial charge in [0.1, 0.15) is 17.8 Å². The SMILES string of the molecule is C/C=C1\NC(=O)[C@H]2CSSCC/C=C/[C@H](CC(=O)NC(C(C)C)C(=O)C2)OC(=O)[C@H](C(C)C)NC1=O. The Hall–Kier alpha value is -2.27. The van der Waals surface area contributed by atoms with Crippen LogP contribution in [0.1, 0.15) is 53.9 Å². The number of hydrogen-bond acceptors (Lipinski definition) is 8. The van der Waals surface area contributed by atoms with Crippen LogP contribution < -0.4 is 16.0 Å². The quantitative estimate of drug-likeness (QED) is 0.211. The molecule has 9 nitrogen and oxygen atoms in total. The van der Waals surface area contributed by atoms with Crippen molar-refractivity contribution >= 4 is 51.1 Å². The fourth-order valence-electron chi connectivity index (χ4n) is 3.77. The molecule has 0 aromatic rings. The molecular weight excluding hydrogens is 502 g/mol. The molecule has 0 aliphatic carbocycles. The van der Waals surface area contributed by atoms with Gasteiger partial charge in [0.05, 0.1) is 18.4 Å². The lowest BCUT2D eigenvalue weighted by atomic mass is 9.92. The van der Waals surface area contributed by atoms with E-state index < -0.39 is 47.8 Å². The summed E-state index contributed by atoms with van der Waals surface area (Å²) in [5.41, 5.74) is -0.00452. The molecule has 0 radical (unpaired) electrons. The second kappa shape index (κ2) is 14.5. The standard InChI is InChI=1S/C25H37N3O6S2/c1-6-18-24(32)28-22(15(4)5)25(33)34-17-9-7-8-10-35-36-13-16(23(31)26-18)11-19(29)21(14(2)3)27-20(30)12-17/h6-7,9,14-17,21-22H,8,10-13H2,1-5H3,(H,26,31)(H,27,30)(H,28,32)/b9-7+,18-6-/t16-,17-,21?,22+/m1/s1. The van der Waals surface area contributed by atoms with Gasteiger partial charge in [-0.2, -0.15) is 0 Å². The molecule has 36 heavy (non-hydrogen) atoms. The van der Waals surface area contributed by atoms with Crippen molar-refractivity contribution in [2.75, 3.05) is 11.5 Å². The summed E-state index contributed by atoms with van der Waals surface area (Å²) in [6.07, 6.45) is 4.56. The molecule has 2 rings (SSSR count). The largest absolute Gasteiger partial charge is 0.456 e. The van der Waals surface area contributed by atoms with Gasteiger partial charge in [0.25, 0.3) is 5.91 Å². The van der Waals surface area contributed by atoms with Crippen LogP contribution >= 0.6 is 21.6 Å². The van der Waals surface area contributed by atoms with E-state index in [9.17, 15) is 24.0 Å². The average molecular weight is 540 g/mol. The molecule has 2 aliphatic heterocycles. The van der Waals surface area contributed by atoms with Crippen LogP contribution in [-0.4, -0.2) is 59.2 Å². The first-order chi connectivity index (χ1) is 17.0. The Labute approximate surface area is 220 Å².